The average Bonchev–Trinajstić information content (AvgIpc) is 2.69. The van der Waals surface area contributed by atoms with Gasteiger partial charge in [-0.2, -0.15) is 0 Å². The molecule has 0 bridgehead atoms. The van der Waals surface area contributed by atoms with Crippen LogP contribution >= 0.6 is 0 Å². The second-order valence-electron chi connectivity index (χ2n) is 6.59. The lowest BCUT2D eigenvalue weighted by atomic mass is 9.87. The third kappa shape index (κ3) is 3.56. The van der Waals surface area contributed by atoms with Crippen LogP contribution in [0.3, 0.4) is 0 Å². The molecule has 0 radical (unpaired) electrons. The van der Waals surface area contributed by atoms with Crippen molar-refractivity contribution in [3.63, 3.8) is 0 Å². The number of nitrogens with zero attached hydrogens (tertiary/aromatic N) is 1. The van der Waals surface area contributed by atoms with Gasteiger partial charge >= 0.3 is 5.97 Å². The normalized spacial score (nSPS) is 15.6. The van der Waals surface area contributed by atoms with Crippen LogP contribution in [0.1, 0.15) is 30.9 Å². The van der Waals surface area contributed by atoms with Crippen LogP contribution in [0.2, 0.25) is 0 Å². The quantitative estimate of drug-likeness (QED) is 0.822. The number of carbonyl (C=O) groups excluding carboxylic acids is 2. The summed E-state index contributed by atoms with van der Waals surface area (Å²) in [6.45, 7) is 1.50. The van der Waals surface area contributed by atoms with Crippen molar-refractivity contribution < 1.29 is 19.5 Å². The summed E-state index contributed by atoms with van der Waals surface area (Å²) in [5, 5.41) is 12.5. The SMILES string of the molecule is CCC(NC(=O)CN1C(=O)CCc2ccccc21)(C(=O)O)c1ccccc1. The fourth-order valence-electron chi connectivity index (χ4n) is 3.51. The molecular formula is C21H22N2O4. The molecule has 1 aliphatic heterocycles. The summed E-state index contributed by atoms with van der Waals surface area (Å²) >= 11 is 0. The highest BCUT2D eigenvalue weighted by molar-refractivity contribution is 6.01. The zero-order valence-electron chi connectivity index (χ0n) is 15.1. The molecule has 6 heteroatoms. The van der Waals surface area contributed by atoms with Gasteiger partial charge < -0.3 is 15.3 Å². The van der Waals surface area contributed by atoms with E-state index in [1.54, 1.807) is 43.3 Å². The van der Waals surface area contributed by atoms with E-state index in [0.29, 0.717) is 24.1 Å². The van der Waals surface area contributed by atoms with E-state index >= 15 is 0 Å². The molecule has 2 N–H and O–H groups in total. The van der Waals surface area contributed by atoms with Crippen LogP contribution in [-0.4, -0.2) is 29.4 Å². The number of amides is 2. The van der Waals surface area contributed by atoms with Gasteiger partial charge in [0, 0.05) is 12.1 Å². The van der Waals surface area contributed by atoms with Gasteiger partial charge in [-0.05, 0) is 30.0 Å². The molecule has 27 heavy (non-hydrogen) atoms. The van der Waals surface area contributed by atoms with Crippen molar-refractivity contribution in [1.82, 2.24) is 5.32 Å². The van der Waals surface area contributed by atoms with E-state index in [9.17, 15) is 19.5 Å². The smallest absolute Gasteiger partial charge is 0.334 e. The highest BCUT2D eigenvalue weighted by atomic mass is 16.4. The van der Waals surface area contributed by atoms with E-state index in [1.807, 2.05) is 18.2 Å². The number of carbonyl (C=O) groups is 3. The monoisotopic (exact) mass is 366 g/mol. The van der Waals surface area contributed by atoms with Crippen molar-refractivity contribution in [2.45, 2.75) is 31.7 Å². The van der Waals surface area contributed by atoms with Crippen LogP contribution in [0.4, 0.5) is 5.69 Å². The van der Waals surface area contributed by atoms with Crippen LogP contribution in [0.15, 0.2) is 54.6 Å². The minimum atomic E-state index is -1.53. The minimum absolute atomic E-state index is 0.138. The molecule has 140 valence electrons. The Bertz CT molecular complexity index is 865. The molecule has 1 aliphatic rings. The number of benzene rings is 2. The van der Waals surface area contributed by atoms with Crippen LogP contribution in [0.25, 0.3) is 0 Å². The first-order valence-electron chi connectivity index (χ1n) is 8.96. The van der Waals surface area contributed by atoms with E-state index in [4.69, 9.17) is 0 Å². The number of aryl methyl sites for hydroxylation is 1. The number of nitrogens with one attached hydrogen (secondary N) is 1. The van der Waals surface area contributed by atoms with Crippen LogP contribution in [0, 0.1) is 0 Å². The van der Waals surface area contributed by atoms with Gasteiger partial charge in [0.1, 0.15) is 6.54 Å². The minimum Gasteiger partial charge on any atom is -0.479 e. The molecule has 0 saturated carbocycles. The van der Waals surface area contributed by atoms with E-state index in [0.717, 1.165) is 5.56 Å². The second kappa shape index (κ2) is 7.61. The number of rotatable bonds is 6. The van der Waals surface area contributed by atoms with Gasteiger partial charge in [-0.3, -0.25) is 9.59 Å². The number of aliphatic carboxylic acids is 1. The maximum Gasteiger partial charge on any atom is 0.334 e. The zero-order chi connectivity index (χ0) is 19.4. The van der Waals surface area contributed by atoms with Crippen LogP contribution in [0.5, 0.6) is 0 Å². The highest BCUT2D eigenvalue weighted by Crippen LogP contribution is 2.28. The standard InChI is InChI=1S/C21H22N2O4/c1-2-21(20(26)27,16-9-4-3-5-10-16)22-18(24)14-23-17-11-7-6-8-15(17)12-13-19(23)25/h3-11H,2,12-14H2,1H3,(H,22,24)(H,26,27). The predicted molar refractivity (Wildman–Crippen MR) is 101 cm³/mol. The molecule has 0 saturated heterocycles. The molecule has 3 rings (SSSR count). The van der Waals surface area contributed by atoms with E-state index in [2.05, 4.69) is 5.32 Å². The number of para-hydroxylation sites is 1. The highest BCUT2D eigenvalue weighted by Gasteiger charge is 2.40. The van der Waals surface area contributed by atoms with Gasteiger partial charge in [-0.1, -0.05) is 55.5 Å². The number of fused-ring (bicyclic) bond motifs is 1. The van der Waals surface area contributed by atoms with Crippen molar-refractivity contribution in [3.8, 4) is 0 Å². The van der Waals surface area contributed by atoms with Gasteiger partial charge in [-0.15, -0.1) is 0 Å². The van der Waals surface area contributed by atoms with Gasteiger partial charge in [0.15, 0.2) is 5.54 Å². The molecule has 2 aromatic rings. The molecule has 0 aromatic heterocycles. The summed E-state index contributed by atoms with van der Waals surface area (Å²) in [7, 11) is 0. The first-order chi connectivity index (χ1) is 13.0. The van der Waals surface area contributed by atoms with Crippen molar-refractivity contribution in [3.05, 3.63) is 65.7 Å². The summed E-state index contributed by atoms with van der Waals surface area (Å²) in [5.74, 6) is -1.77. The number of carboxylic acids is 1. The summed E-state index contributed by atoms with van der Waals surface area (Å²) in [6, 6.07) is 16.1. The summed E-state index contributed by atoms with van der Waals surface area (Å²) < 4.78 is 0. The Hall–Kier alpha value is -3.15. The second-order valence-corrected chi connectivity index (χ2v) is 6.59. The maximum atomic E-state index is 12.8. The summed E-state index contributed by atoms with van der Waals surface area (Å²) in [5.41, 5.74) is 0.684. The Morgan fingerprint density at radius 1 is 1.07 bits per heavy atom. The molecule has 1 atom stereocenters. The van der Waals surface area contributed by atoms with Crippen molar-refractivity contribution in [2.75, 3.05) is 11.4 Å². The molecule has 0 aliphatic carbocycles. The average molecular weight is 366 g/mol. The third-order valence-corrected chi connectivity index (χ3v) is 5.01. The van der Waals surface area contributed by atoms with Crippen LogP contribution in [-0.2, 0) is 26.3 Å². The predicted octanol–water partition coefficient (Wildman–Crippen LogP) is 2.47. The van der Waals surface area contributed by atoms with Crippen molar-refractivity contribution >= 4 is 23.5 Å². The lowest BCUT2D eigenvalue weighted by Crippen LogP contribution is -2.54. The molecule has 0 spiro atoms. The van der Waals surface area contributed by atoms with Crippen molar-refractivity contribution in [1.29, 1.82) is 0 Å². The van der Waals surface area contributed by atoms with Gasteiger partial charge in [-0.25, -0.2) is 4.79 Å². The molecule has 2 amide bonds. The molecule has 1 heterocycles. The Balaban J connectivity index is 1.85. The number of carboxylic acid groups (broad SMARTS) is 1. The Morgan fingerprint density at radius 3 is 2.41 bits per heavy atom. The maximum absolute atomic E-state index is 12.8. The summed E-state index contributed by atoms with van der Waals surface area (Å²) in [6.07, 6.45) is 1.16. The Morgan fingerprint density at radius 2 is 1.74 bits per heavy atom. The first kappa shape index (κ1) is 18.6. The number of anilines is 1. The Kier molecular flexibility index (Phi) is 5.26. The van der Waals surface area contributed by atoms with Crippen LogP contribution < -0.4 is 10.2 Å². The largest absolute Gasteiger partial charge is 0.479 e. The molecular weight excluding hydrogens is 344 g/mol. The molecule has 1 unspecified atom stereocenters. The molecule has 0 fully saturated rings. The van der Waals surface area contributed by atoms with E-state index in [1.165, 1.54) is 4.90 Å². The fourth-order valence-corrected chi connectivity index (χ4v) is 3.51. The molecule has 6 nitrogen and oxygen atoms in total. The number of hydrogen-bond acceptors (Lipinski definition) is 3. The summed E-state index contributed by atoms with van der Waals surface area (Å²) in [4.78, 5) is 38.6. The van der Waals surface area contributed by atoms with Gasteiger partial charge in [0.05, 0.1) is 0 Å². The Labute approximate surface area is 157 Å². The van der Waals surface area contributed by atoms with Gasteiger partial charge in [0.2, 0.25) is 11.8 Å². The topological polar surface area (TPSA) is 86.7 Å². The lowest BCUT2D eigenvalue weighted by molar-refractivity contribution is -0.148. The number of hydrogen-bond donors (Lipinski definition) is 2. The van der Waals surface area contributed by atoms with E-state index in [-0.39, 0.29) is 18.9 Å². The zero-order valence-corrected chi connectivity index (χ0v) is 15.1. The third-order valence-electron chi connectivity index (χ3n) is 5.01. The van der Waals surface area contributed by atoms with Crippen molar-refractivity contribution in [2.24, 2.45) is 0 Å². The fraction of sp³-hybridized carbons (Fsp3) is 0.286. The van der Waals surface area contributed by atoms with E-state index < -0.39 is 17.4 Å². The van der Waals surface area contributed by atoms with Gasteiger partial charge in [0.25, 0.3) is 0 Å². The molecule has 2 aromatic carbocycles. The first-order valence-corrected chi connectivity index (χ1v) is 8.96. The lowest BCUT2D eigenvalue weighted by Gasteiger charge is -2.33.